The molecule has 108 valence electrons. The number of piperazine rings is 1. The second-order valence-electron chi connectivity index (χ2n) is 5.66. The number of para-hydroxylation sites is 1. The van der Waals surface area contributed by atoms with Gasteiger partial charge in [0, 0.05) is 43.0 Å². The van der Waals surface area contributed by atoms with Gasteiger partial charge in [-0.2, -0.15) is 0 Å². The number of aryl methyl sites for hydroxylation is 1. The van der Waals surface area contributed by atoms with E-state index in [-0.39, 0.29) is 0 Å². The lowest BCUT2D eigenvalue weighted by Crippen LogP contribution is -2.49. The topological polar surface area (TPSA) is 37.2 Å². The van der Waals surface area contributed by atoms with Crippen LogP contribution >= 0.6 is 0 Å². The third kappa shape index (κ3) is 2.89. The molecular formula is C17H24N2O. The van der Waals surface area contributed by atoms with Gasteiger partial charge in [0.2, 0.25) is 0 Å². The number of furan rings is 1. The Morgan fingerprint density at radius 2 is 2.15 bits per heavy atom. The van der Waals surface area contributed by atoms with Gasteiger partial charge in [0.1, 0.15) is 11.3 Å². The second-order valence-corrected chi connectivity index (χ2v) is 5.66. The summed E-state index contributed by atoms with van der Waals surface area (Å²) < 4.78 is 6.09. The Labute approximate surface area is 120 Å². The highest BCUT2D eigenvalue weighted by Gasteiger charge is 2.19. The monoisotopic (exact) mass is 272 g/mol. The fraction of sp³-hybridized carbons (Fsp3) is 0.529. The second kappa shape index (κ2) is 6.42. The van der Waals surface area contributed by atoms with Crippen molar-refractivity contribution in [3.05, 3.63) is 35.6 Å². The van der Waals surface area contributed by atoms with Crippen molar-refractivity contribution in [2.24, 2.45) is 0 Å². The fourth-order valence-electron chi connectivity index (χ4n) is 3.02. The van der Waals surface area contributed by atoms with Gasteiger partial charge in [0.05, 0.1) is 0 Å². The van der Waals surface area contributed by atoms with Gasteiger partial charge < -0.3 is 15.1 Å². The maximum atomic E-state index is 6.09. The van der Waals surface area contributed by atoms with Crippen LogP contribution in [0.15, 0.2) is 28.7 Å². The quantitative estimate of drug-likeness (QED) is 0.879. The number of hydrogen-bond donors (Lipinski definition) is 2. The highest BCUT2D eigenvalue weighted by Crippen LogP contribution is 2.28. The van der Waals surface area contributed by atoms with E-state index in [0.717, 1.165) is 38.1 Å². The summed E-state index contributed by atoms with van der Waals surface area (Å²) in [7, 11) is 0. The van der Waals surface area contributed by atoms with E-state index >= 15 is 0 Å². The summed E-state index contributed by atoms with van der Waals surface area (Å²) in [6, 6.07) is 8.96. The Morgan fingerprint density at radius 3 is 2.95 bits per heavy atom. The first-order valence-electron chi connectivity index (χ1n) is 7.82. The molecule has 1 unspecified atom stereocenters. The maximum absolute atomic E-state index is 6.09. The molecule has 2 aromatic rings. The molecule has 3 rings (SSSR count). The average Bonchev–Trinajstić information content (AvgIpc) is 2.84. The molecule has 0 aliphatic carbocycles. The predicted octanol–water partition coefficient (Wildman–Crippen LogP) is 2.88. The van der Waals surface area contributed by atoms with Crippen LogP contribution < -0.4 is 10.6 Å². The van der Waals surface area contributed by atoms with Crippen LogP contribution in [0.3, 0.4) is 0 Å². The molecule has 1 aliphatic heterocycles. The predicted molar refractivity (Wildman–Crippen MR) is 83.2 cm³/mol. The van der Waals surface area contributed by atoms with Crippen molar-refractivity contribution in [2.45, 2.75) is 38.6 Å². The smallest absolute Gasteiger partial charge is 0.134 e. The molecule has 3 nitrogen and oxygen atoms in total. The van der Waals surface area contributed by atoms with E-state index in [1.54, 1.807) is 0 Å². The third-order valence-corrected chi connectivity index (χ3v) is 4.12. The van der Waals surface area contributed by atoms with Crippen LogP contribution in [-0.4, -0.2) is 25.7 Å². The Morgan fingerprint density at radius 1 is 1.25 bits per heavy atom. The van der Waals surface area contributed by atoms with Crippen LogP contribution in [0.4, 0.5) is 0 Å². The van der Waals surface area contributed by atoms with Crippen molar-refractivity contribution in [2.75, 3.05) is 19.6 Å². The molecule has 3 heteroatoms. The van der Waals surface area contributed by atoms with E-state index in [1.165, 1.54) is 29.6 Å². The molecule has 1 aliphatic rings. The molecule has 0 radical (unpaired) electrons. The summed E-state index contributed by atoms with van der Waals surface area (Å²) >= 11 is 0. The Balaban J connectivity index is 1.88. The minimum Gasteiger partial charge on any atom is -0.461 e. The van der Waals surface area contributed by atoms with Gasteiger partial charge in [-0.15, -0.1) is 0 Å². The van der Waals surface area contributed by atoms with Crippen molar-refractivity contribution in [3.8, 4) is 0 Å². The first-order chi connectivity index (χ1) is 9.88. The van der Waals surface area contributed by atoms with Crippen molar-refractivity contribution >= 4 is 11.0 Å². The molecule has 1 atom stereocenters. The summed E-state index contributed by atoms with van der Waals surface area (Å²) in [6.07, 6.45) is 4.52. The van der Waals surface area contributed by atoms with Gasteiger partial charge >= 0.3 is 0 Å². The largest absolute Gasteiger partial charge is 0.461 e. The number of benzene rings is 1. The maximum Gasteiger partial charge on any atom is 0.134 e. The molecule has 0 saturated carbocycles. The first kappa shape index (κ1) is 13.7. The summed E-state index contributed by atoms with van der Waals surface area (Å²) in [6.45, 7) is 5.41. The minimum absolute atomic E-state index is 0.519. The highest BCUT2D eigenvalue weighted by atomic mass is 16.3. The van der Waals surface area contributed by atoms with E-state index in [4.69, 9.17) is 4.42 Å². The lowest BCUT2D eigenvalue weighted by Gasteiger charge is -2.24. The third-order valence-electron chi connectivity index (χ3n) is 4.12. The first-order valence-corrected chi connectivity index (χ1v) is 7.82. The lowest BCUT2D eigenvalue weighted by atomic mass is 9.99. The Kier molecular flexibility index (Phi) is 4.38. The molecule has 1 saturated heterocycles. The van der Waals surface area contributed by atoms with Crippen LogP contribution in [0.25, 0.3) is 11.0 Å². The highest BCUT2D eigenvalue weighted by molar-refractivity contribution is 5.82. The number of hydrogen-bond acceptors (Lipinski definition) is 3. The molecule has 1 aromatic heterocycles. The van der Waals surface area contributed by atoms with Gasteiger partial charge in [0.25, 0.3) is 0 Å². The minimum atomic E-state index is 0.519. The van der Waals surface area contributed by atoms with Crippen LogP contribution in [0.5, 0.6) is 0 Å². The van der Waals surface area contributed by atoms with Crippen LogP contribution in [0.2, 0.25) is 0 Å². The summed E-state index contributed by atoms with van der Waals surface area (Å²) in [5.74, 6) is 1.19. The molecule has 0 spiro atoms. The molecule has 1 fully saturated rings. The Bertz CT molecular complexity index is 555. The van der Waals surface area contributed by atoms with Gasteiger partial charge in [-0.05, 0) is 18.9 Å². The number of fused-ring (bicyclic) bond motifs is 1. The van der Waals surface area contributed by atoms with Crippen LogP contribution in [0, 0.1) is 0 Å². The van der Waals surface area contributed by atoms with Crippen molar-refractivity contribution in [1.29, 1.82) is 0 Å². The lowest BCUT2D eigenvalue weighted by molar-refractivity contribution is 0.413. The van der Waals surface area contributed by atoms with Gasteiger partial charge in [-0.25, -0.2) is 0 Å². The number of nitrogens with one attached hydrogen (secondary N) is 2. The van der Waals surface area contributed by atoms with E-state index < -0.39 is 0 Å². The van der Waals surface area contributed by atoms with Gasteiger partial charge in [-0.3, -0.25) is 0 Å². The Hall–Kier alpha value is -1.32. The summed E-state index contributed by atoms with van der Waals surface area (Å²) in [5, 5.41) is 8.36. The van der Waals surface area contributed by atoms with Crippen LogP contribution in [-0.2, 0) is 12.8 Å². The zero-order chi connectivity index (χ0) is 13.8. The molecule has 0 bridgehead atoms. The summed E-state index contributed by atoms with van der Waals surface area (Å²) in [4.78, 5) is 0. The van der Waals surface area contributed by atoms with E-state index in [1.807, 2.05) is 0 Å². The number of rotatable bonds is 5. The molecule has 0 amide bonds. The van der Waals surface area contributed by atoms with E-state index in [2.05, 4.69) is 41.8 Å². The molecule has 1 aromatic carbocycles. The van der Waals surface area contributed by atoms with E-state index in [0.29, 0.717) is 6.04 Å². The molecule has 2 heterocycles. The van der Waals surface area contributed by atoms with Crippen LogP contribution in [0.1, 0.15) is 31.1 Å². The van der Waals surface area contributed by atoms with E-state index in [9.17, 15) is 0 Å². The molecule has 20 heavy (non-hydrogen) atoms. The SMILES string of the molecule is CCCCc1oc2ccccc2c1CC1CNCCN1. The van der Waals surface area contributed by atoms with Gasteiger partial charge in [-0.1, -0.05) is 31.5 Å². The van der Waals surface area contributed by atoms with Gasteiger partial charge in [0.15, 0.2) is 0 Å². The fourth-order valence-corrected chi connectivity index (χ4v) is 3.02. The number of unbranched alkanes of at least 4 members (excludes halogenated alkanes) is 1. The normalized spacial score (nSPS) is 19.6. The molecule has 2 N–H and O–H groups in total. The van der Waals surface area contributed by atoms with Crippen molar-refractivity contribution in [1.82, 2.24) is 10.6 Å². The van der Waals surface area contributed by atoms with Crippen molar-refractivity contribution < 1.29 is 4.42 Å². The van der Waals surface area contributed by atoms with Crippen molar-refractivity contribution in [3.63, 3.8) is 0 Å². The zero-order valence-electron chi connectivity index (χ0n) is 12.2. The molecular weight excluding hydrogens is 248 g/mol. The summed E-state index contributed by atoms with van der Waals surface area (Å²) in [5.41, 5.74) is 2.45. The standard InChI is InChI=1S/C17H24N2O/c1-2-3-7-17-15(11-13-12-18-9-10-19-13)14-6-4-5-8-16(14)20-17/h4-6,8,13,18-19H,2-3,7,9-12H2,1H3. The average molecular weight is 272 g/mol. The zero-order valence-corrected chi connectivity index (χ0v) is 12.2.